The van der Waals surface area contributed by atoms with Gasteiger partial charge in [-0.3, -0.25) is 4.98 Å². The summed E-state index contributed by atoms with van der Waals surface area (Å²) in [5, 5.41) is 3.66. The maximum Gasteiger partial charge on any atom is 0.393 e. The first-order chi connectivity index (χ1) is 8.48. The van der Waals surface area contributed by atoms with Gasteiger partial charge in [-0.25, -0.2) is 0 Å². The molecule has 18 heavy (non-hydrogen) atoms. The Morgan fingerprint density at radius 1 is 1.22 bits per heavy atom. The summed E-state index contributed by atoms with van der Waals surface area (Å²) in [7, 11) is 0. The van der Waals surface area contributed by atoms with Crippen LogP contribution >= 0.6 is 0 Å². The maximum absolute atomic E-state index is 12.4. The monoisotopic (exact) mass is 254 g/mol. The van der Waals surface area contributed by atoms with Crippen LogP contribution in [0.4, 0.5) is 18.9 Å². The summed E-state index contributed by atoms with van der Waals surface area (Å²) in [6, 6.07) is 8.96. The molecular weight excluding hydrogens is 241 g/mol. The summed E-state index contributed by atoms with van der Waals surface area (Å²) in [5.41, 5.74) is 1.44. The Kier molecular flexibility index (Phi) is 3.41. The van der Waals surface area contributed by atoms with E-state index in [9.17, 15) is 13.2 Å². The smallest absolute Gasteiger partial charge is 0.384 e. The van der Waals surface area contributed by atoms with Gasteiger partial charge in [0.2, 0.25) is 0 Å². The van der Waals surface area contributed by atoms with Crippen molar-refractivity contribution in [2.24, 2.45) is 5.92 Å². The molecule has 0 bridgehead atoms. The summed E-state index contributed by atoms with van der Waals surface area (Å²) in [4.78, 5) is 4.16. The Morgan fingerprint density at radius 3 is 2.72 bits per heavy atom. The van der Waals surface area contributed by atoms with Gasteiger partial charge in [-0.05, 0) is 24.3 Å². The number of alkyl halides is 3. The first-order valence-electron chi connectivity index (χ1n) is 5.63. The van der Waals surface area contributed by atoms with Gasteiger partial charge >= 0.3 is 6.18 Å². The molecule has 0 amide bonds. The lowest BCUT2D eigenvalue weighted by Gasteiger charge is -2.17. The molecule has 2 aromatic rings. The van der Waals surface area contributed by atoms with E-state index in [0.29, 0.717) is 5.69 Å². The molecule has 0 aliphatic heterocycles. The number of nitrogens with zero attached hydrogens (tertiary/aromatic N) is 1. The molecule has 0 saturated heterocycles. The Bertz CT molecular complexity index is 532. The molecule has 1 aromatic heterocycles. The quantitative estimate of drug-likeness (QED) is 0.900. The third-order valence-corrected chi connectivity index (χ3v) is 2.80. The predicted molar refractivity (Wildman–Crippen MR) is 65.5 cm³/mol. The van der Waals surface area contributed by atoms with Gasteiger partial charge in [-0.1, -0.05) is 13.0 Å². The molecule has 0 unspecified atom stereocenters. The molecule has 0 radical (unpaired) electrons. The number of aromatic nitrogens is 1. The third kappa shape index (κ3) is 2.72. The molecular formula is C13H13F3N2. The second-order valence-corrected chi connectivity index (χ2v) is 4.20. The average molecular weight is 254 g/mol. The standard InChI is InChI=1S/C13H13F3N2/c1-9(13(14,15)16)8-18-12-6-2-5-11-10(12)4-3-7-17-11/h2-7,9,18H,8H2,1H3/t9-/m0/s1. The number of fused-ring (bicyclic) bond motifs is 1. The van der Waals surface area contributed by atoms with Crippen LogP contribution < -0.4 is 5.32 Å². The minimum absolute atomic E-state index is 0.141. The zero-order valence-corrected chi connectivity index (χ0v) is 9.83. The van der Waals surface area contributed by atoms with Crippen LogP contribution in [0.5, 0.6) is 0 Å². The summed E-state index contributed by atoms with van der Waals surface area (Å²) < 4.78 is 37.2. The summed E-state index contributed by atoms with van der Waals surface area (Å²) >= 11 is 0. The Hall–Kier alpha value is -1.78. The molecule has 1 atom stereocenters. The van der Waals surface area contributed by atoms with Crippen molar-refractivity contribution in [3.8, 4) is 0 Å². The zero-order valence-electron chi connectivity index (χ0n) is 9.83. The second-order valence-electron chi connectivity index (χ2n) is 4.20. The first-order valence-corrected chi connectivity index (χ1v) is 5.63. The molecule has 5 heteroatoms. The number of anilines is 1. The third-order valence-electron chi connectivity index (χ3n) is 2.80. The van der Waals surface area contributed by atoms with E-state index >= 15 is 0 Å². The van der Waals surface area contributed by atoms with E-state index in [2.05, 4.69) is 10.3 Å². The second kappa shape index (κ2) is 4.84. The van der Waals surface area contributed by atoms with Gasteiger partial charge in [0.1, 0.15) is 0 Å². The molecule has 1 aromatic carbocycles. The number of halogens is 3. The Balaban J connectivity index is 2.18. The van der Waals surface area contributed by atoms with E-state index in [1.807, 2.05) is 12.1 Å². The van der Waals surface area contributed by atoms with Gasteiger partial charge < -0.3 is 5.32 Å². The van der Waals surface area contributed by atoms with Crippen LogP contribution in [0.1, 0.15) is 6.92 Å². The number of rotatable bonds is 3. The highest BCUT2D eigenvalue weighted by atomic mass is 19.4. The summed E-state index contributed by atoms with van der Waals surface area (Å²) in [6.45, 7) is 1.02. The van der Waals surface area contributed by atoms with E-state index in [4.69, 9.17) is 0 Å². The lowest BCUT2D eigenvalue weighted by atomic mass is 10.1. The van der Waals surface area contributed by atoms with Crippen molar-refractivity contribution in [1.29, 1.82) is 0 Å². The minimum Gasteiger partial charge on any atom is -0.384 e. The van der Waals surface area contributed by atoms with Crippen molar-refractivity contribution < 1.29 is 13.2 Å². The first kappa shape index (κ1) is 12.7. The fourth-order valence-corrected chi connectivity index (χ4v) is 1.64. The van der Waals surface area contributed by atoms with Crippen LogP contribution in [-0.4, -0.2) is 17.7 Å². The molecule has 0 aliphatic rings. The lowest BCUT2D eigenvalue weighted by Crippen LogP contribution is -2.26. The van der Waals surface area contributed by atoms with Gasteiger partial charge in [0.25, 0.3) is 0 Å². The fraction of sp³-hybridized carbons (Fsp3) is 0.308. The number of nitrogens with one attached hydrogen (secondary N) is 1. The average Bonchev–Trinajstić information content (AvgIpc) is 2.34. The minimum atomic E-state index is -4.17. The zero-order chi connectivity index (χ0) is 13.2. The molecule has 0 aliphatic carbocycles. The molecule has 0 spiro atoms. The van der Waals surface area contributed by atoms with Crippen molar-refractivity contribution >= 4 is 16.6 Å². The lowest BCUT2D eigenvalue weighted by molar-refractivity contribution is -0.165. The van der Waals surface area contributed by atoms with Crippen LogP contribution in [0, 0.1) is 5.92 Å². The van der Waals surface area contributed by atoms with Gasteiger partial charge in [-0.2, -0.15) is 13.2 Å². The van der Waals surface area contributed by atoms with Crippen molar-refractivity contribution in [3.05, 3.63) is 36.5 Å². The highest BCUT2D eigenvalue weighted by Crippen LogP contribution is 2.27. The predicted octanol–water partition coefficient (Wildman–Crippen LogP) is 3.85. The number of hydrogen-bond acceptors (Lipinski definition) is 2. The number of benzene rings is 1. The van der Waals surface area contributed by atoms with E-state index in [-0.39, 0.29) is 6.54 Å². The topological polar surface area (TPSA) is 24.9 Å². The van der Waals surface area contributed by atoms with Crippen LogP contribution in [0.15, 0.2) is 36.5 Å². The molecule has 2 rings (SSSR count). The molecule has 0 fully saturated rings. The van der Waals surface area contributed by atoms with Crippen molar-refractivity contribution in [3.63, 3.8) is 0 Å². The Morgan fingerprint density at radius 2 is 2.00 bits per heavy atom. The normalized spacial score (nSPS) is 13.6. The highest BCUT2D eigenvalue weighted by molar-refractivity contribution is 5.91. The van der Waals surface area contributed by atoms with Crippen LogP contribution in [0.2, 0.25) is 0 Å². The summed E-state index contributed by atoms with van der Waals surface area (Å²) in [5.74, 6) is -1.38. The largest absolute Gasteiger partial charge is 0.393 e. The molecule has 96 valence electrons. The fourth-order valence-electron chi connectivity index (χ4n) is 1.64. The molecule has 1 heterocycles. The number of pyridine rings is 1. The molecule has 2 nitrogen and oxygen atoms in total. The Labute approximate surface area is 103 Å². The SMILES string of the molecule is C[C@@H](CNc1cccc2ncccc12)C(F)(F)F. The van der Waals surface area contributed by atoms with E-state index < -0.39 is 12.1 Å². The molecule has 0 saturated carbocycles. The van der Waals surface area contributed by atoms with Gasteiger partial charge in [0.15, 0.2) is 0 Å². The van der Waals surface area contributed by atoms with Gasteiger partial charge in [-0.15, -0.1) is 0 Å². The van der Waals surface area contributed by atoms with Gasteiger partial charge in [0.05, 0.1) is 11.4 Å². The van der Waals surface area contributed by atoms with Crippen molar-refractivity contribution in [2.75, 3.05) is 11.9 Å². The highest BCUT2D eigenvalue weighted by Gasteiger charge is 2.35. The molecule has 1 N–H and O–H groups in total. The van der Waals surface area contributed by atoms with E-state index in [1.165, 1.54) is 0 Å². The summed E-state index contributed by atoms with van der Waals surface area (Å²) in [6.07, 6.45) is -2.51. The van der Waals surface area contributed by atoms with E-state index in [1.54, 1.807) is 24.4 Å². The van der Waals surface area contributed by atoms with Crippen LogP contribution in [0.25, 0.3) is 10.9 Å². The maximum atomic E-state index is 12.4. The number of hydrogen-bond donors (Lipinski definition) is 1. The van der Waals surface area contributed by atoms with E-state index in [0.717, 1.165) is 17.8 Å². The van der Waals surface area contributed by atoms with Crippen LogP contribution in [0.3, 0.4) is 0 Å². The van der Waals surface area contributed by atoms with Crippen molar-refractivity contribution in [1.82, 2.24) is 4.98 Å². The van der Waals surface area contributed by atoms with Crippen molar-refractivity contribution in [2.45, 2.75) is 13.1 Å². The van der Waals surface area contributed by atoms with Gasteiger partial charge in [0, 0.05) is 23.8 Å². The van der Waals surface area contributed by atoms with Crippen LogP contribution in [-0.2, 0) is 0 Å².